The topological polar surface area (TPSA) is 29.1 Å². The summed E-state index contributed by atoms with van der Waals surface area (Å²) in [7, 11) is 0. The third kappa shape index (κ3) is 4.81. The Bertz CT molecular complexity index is 1170. The van der Waals surface area contributed by atoms with Gasteiger partial charge in [0.1, 0.15) is 0 Å². The van der Waals surface area contributed by atoms with Crippen LogP contribution in [-0.4, -0.2) is 5.91 Å². The minimum atomic E-state index is -0.0791. The van der Waals surface area contributed by atoms with E-state index in [4.69, 9.17) is 0 Å². The fourth-order valence-electron chi connectivity index (χ4n) is 4.43. The summed E-state index contributed by atoms with van der Waals surface area (Å²) in [6.07, 6.45) is 3.66. The molecule has 158 valence electrons. The average Bonchev–Trinajstić information content (AvgIpc) is 3.64. The maximum absolute atomic E-state index is 12.7. The second kappa shape index (κ2) is 9.23. The van der Waals surface area contributed by atoms with Crippen molar-refractivity contribution in [2.24, 2.45) is 5.92 Å². The molecule has 0 heterocycles. The molecular weight excluding hydrogens is 390 g/mol. The molecule has 0 radical (unpaired) electrons. The quantitative estimate of drug-likeness (QED) is 0.335. The Morgan fingerprint density at radius 2 is 1.34 bits per heavy atom. The van der Waals surface area contributed by atoms with Gasteiger partial charge >= 0.3 is 0 Å². The van der Waals surface area contributed by atoms with Gasteiger partial charge in [0.05, 0.1) is 0 Å². The number of nitrogens with one attached hydrogen (secondary N) is 1. The van der Waals surface area contributed by atoms with Crippen LogP contribution in [0.1, 0.15) is 40.2 Å². The summed E-state index contributed by atoms with van der Waals surface area (Å²) in [6, 6.07) is 37.1. The lowest BCUT2D eigenvalue weighted by Gasteiger charge is -2.08. The van der Waals surface area contributed by atoms with Crippen LogP contribution in [0.5, 0.6) is 0 Å². The second-order valence-electron chi connectivity index (χ2n) is 8.65. The number of carbonyl (C=O) groups is 1. The van der Waals surface area contributed by atoms with Gasteiger partial charge in [-0.3, -0.25) is 4.79 Å². The molecule has 2 heteroatoms. The van der Waals surface area contributed by atoms with Crippen molar-refractivity contribution in [2.45, 2.75) is 25.2 Å². The van der Waals surface area contributed by atoms with Crippen LogP contribution in [0.3, 0.4) is 0 Å². The van der Waals surface area contributed by atoms with E-state index in [1.54, 1.807) is 0 Å². The molecule has 1 amide bonds. The number of carbonyl (C=O) groups excluding carboxylic acids is 1. The Morgan fingerprint density at radius 1 is 0.719 bits per heavy atom. The van der Waals surface area contributed by atoms with E-state index < -0.39 is 0 Å². The number of rotatable bonds is 7. The van der Waals surface area contributed by atoms with Crippen molar-refractivity contribution < 1.29 is 4.79 Å². The lowest BCUT2D eigenvalue weighted by Crippen LogP contribution is -2.11. The van der Waals surface area contributed by atoms with Crippen LogP contribution in [0.25, 0.3) is 11.1 Å². The van der Waals surface area contributed by atoms with E-state index >= 15 is 0 Å². The Hall–Kier alpha value is -3.65. The predicted molar refractivity (Wildman–Crippen MR) is 132 cm³/mol. The Labute approximate surface area is 189 Å². The lowest BCUT2D eigenvalue weighted by molar-refractivity contribution is 0.102. The van der Waals surface area contributed by atoms with Crippen LogP contribution in [-0.2, 0) is 6.42 Å². The summed E-state index contributed by atoms with van der Waals surface area (Å²) in [4.78, 5) is 12.7. The van der Waals surface area contributed by atoms with Crippen molar-refractivity contribution in [3.8, 4) is 11.1 Å². The SMILES string of the molecule is O=C(Nc1ccc(C2CC2CCc2ccccc2)cc1)c1ccc(-c2ccccc2)cc1. The van der Waals surface area contributed by atoms with E-state index in [1.807, 2.05) is 54.6 Å². The highest BCUT2D eigenvalue weighted by atomic mass is 16.1. The van der Waals surface area contributed by atoms with Gasteiger partial charge < -0.3 is 5.32 Å². The number of anilines is 1. The molecule has 4 aromatic rings. The normalized spacial score (nSPS) is 17.0. The maximum Gasteiger partial charge on any atom is 0.255 e. The van der Waals surface area contributed by atoms with E-state index in [9.17, 15) is 4.79 Å². The first-order valence-electron chi connectivity index (χ1n) is 11.4. The maximum atomic E-state index is 12.7. The predicted octanol–water partition coefficient (Wildman–Crippen LogP) is 7.34. The summed E-state index contributed by atoms with van der Waals surface area (Å²) in [5, 5.41) is 3.02. The molecular formula is C30H27NO. The molecule has 1 fully saturated rings. The Kier molecular flexibility index (Phi) is 5.85. The molecule has 2 atom stereocenters. The van der Waals surface area contributed by atoms with Crippen molar-refractivity contribution in [2.75, 3.05) is 5.32 Å². The van der Waals surface area contributed by atoms with Crippen molar-refractivity contribution in [3.63, 3.8) is 0 Å². The number of hydrogen-bond donors (Lipinski definition) is 1. The summed E-state index contributed by atoms with van der Waals surface area (Å²) in [6.45, 7) is 0. The van der Waals surface area contributed by atoms with E-state index in [2.05, 4.69) is 59.9 Å². The zero-order valence-electron chi connectivity index (χ0n) is 18.1. The van der Waals surface area contributed by atoms with Gasteiger partial charge in [0.15, 0.2) is 0 Å². The summed E-state index contributed by atoms with van der Waals surface area (Å²) < 4.78 is 0. The zero-order chi connectivity index (χ0) is 21.8. The van der Waals surface area contributed by atoms with Crippen molar-refractivity contribution in [1.82, 2.24) is 0 Å². The van der Waals surface area contributed by atoms with Crippen molar-refractivity contribution in [1.29, 1.82) is 0 Å². The zero-order valence-corrected chi connectivity index (χ0v) is 18.1. The smallest absolute Gasteiger partial charge is 0.255 e. The molecule has 0 aliphatic heterocycles. The van der Waals surface area contributed by atoms with Gasteiger partial charge in [0, 0.05) is 11.3 Å². The molecule has 0 bridgehead atoms. The van der Waals surface area contributed by atoms with Gasteiger partial charge in [0.25, 0.3) is 5.91 Å². The summed E-state index contributed by atoms with van der Waals surface area (Å²) in [5.74, 6) is 1.36. The first kappa shape index (κ1) is 20.3. The van der Waals surface area contributed by atoms with Crippen LogP contribution < -0.4 is 5.32 Å². The molecule has 32 heavy (non-hydrogen) atoms. The summed E-state index contributed by atoms with van der Waals surface area (Å²) >= 11 is 0. The van der Waals surface area contributed by atoms with Gasteiger partial charge in [-0.05, 0) is 77.6 Å². The molecule has 0 saturated heterocycles. The van der Waals surface area contributed by atoms with Gasteiger partial charge in [-0.25, -0.2) is 0 Å². The van der Waals surface area contributed by atoms with E-state index in [0.29, 0.717) is 11.5 Å². The minimum Gasteiger partial charge on any atom is -0.322 e. The van der Waals surface area contributed by atoms with Crippen LogP contribution in [0.4, 0.5) is 5.69 Å². The molecule has 1 N–H and O–H groups in total. The fourth-order valence-corrected chi connectivity index (χ4v) is 4.43. The number of amides is 1. The average molecular weight is 418 g/mol. The summed E-state index contributed by atoms with van der Waals surface area (Å²) in [5.41, 5.74) is 6.57. The molecule has 2 nitrogen and oxygen atoms in total. The lowest BCUT2D eigenvalue weighted by atomic mass is 10.0. The van der Waals surface area contributed by atoms with Crippen molar-refractivity contribution in [3.05, 3.63) is 126 Å². The second-order valence-corrected chi connectivity index (χ2v) is 8.65. The molecule has 5 rings (SSSR count). The highest BCUT2D eigenvalue weighted by Gasteiger charge is 2.37. The molecule has 0 spiro atoms. The number of benzene rings is 4. The Morgan fingerprint density at radius 3 is 2.03 bits per heavy atom. The first-order valence-corrected chi connectivity index (χ1v) is 11.4. The molecule has 4 aromatic carbocycles. The highest BCUT2D eigenvalue weighted by Crippen LogP contribution is 2.50. The fraction of sp³-hybridized carbons (Fsp3) is 0.167. The third-order valence-corrected chi connectivity index (χ3v) is 6.42. The molecule has 1 saturated carbocycles. The molecule has 1 aliphatic rings. The highest BCUT2D eigenvalue weighted by molar-refractivity contribution is 6.04. The van der Waals surface area contributed by atoms with Gasteiger partial charge in [0.2, 0.25) is 0 Å². The molecule has 2 unspecified atom stereocenters. The standard InChI is InChI=1S/C30H27NO/c32-30(26-15-13-24(14-16-26)23-9-5-2-6-10-23)31-28-19-17-25(18-20-28)29-21-27(29)12-11-22-7-3-1-4-8-22/h1-10,13-20,27,29H,11-12,21H2,(H,31,32). The number of aryl methyl sites for hydroxylation is 1. The first-order chi connectivity index (χ1) is 15.8. The van der Waals surface area contributed by atoms with Crippen LogP contribution in [0.2, 0.25) is 0 Å². The minimum absolute atomic E-state index is 0.0791. The van der Waals surface area contributed by atoms with Gasteiger partial charge in [-0.1, -0.05) is 84.9 Å². The van der Waals surface area contributed by atoms with Crippen LogP contribution in [0.15, 0.2) is 109 Å². The number of hydrogen-bond acceptors (Lipinski definition) is 1. The van der Waals surface area contributed by atoms with E-state index in [1.165, 1.54) is 24.0 Å². The van der Waals surface area contributed by atoms with Crippen LogP contribution >= 0.6 is 0 Å². The van der Waals surface area contributed by atoms with Gasteiger partial charge in [-0.2, -0.15) is 0 Å². The van der Waals surface area contributed by atoms with Gasteiger partial charge in [-0.15, -0.1) is 0 Å². The largest absolute Gasteiger partial charge is 0.322 e. The molecule has 1 aliphatic carbocycles. The van der Waals surface area contributed by atoms with E-state index in [0.717, 1.165) is 29.2 Å². The third-order valence-electron chi connectivity index (χ3n) is 6.42. The van der Waals surface area contributed by atoms with Crippen molar-refractivity contribution >= 4 is 11.6 Å². The van der Waals surface area contributed by atoms with Crippen LogP contribution in [0, 0.1) is 5.92 Å². The Balaban J connectivity index is 1.15. The van der Waals surface area contributed by atoms with E-state index in [-0.39, 0.29) is 5.91 Å². The molecule has 0 aromatic heterocycles. The monoisotopic (exact) mass is 417 g/mol.